The van der Waals surface area contributed by atoms with E-state index in [0.29, 0.717) is 24.6 Å². The van der Waals surface area contributed by atoms with Crippen molar-refractivity contribution >= 4 is 33.2 Å². The second kappa shape index (κ2) is 8.48. The summed E-state index contributed by atoms with van der Waals surface area (Å²) in [5.74, 6) is 0.0590. The van der Waals surface area contributed by atoms with Gasteiger partial charge in [0.1, 0.15) is 0 Å². The summed E-state index contributed by atoms with van der Waals surface area (Å²) < 4.78 is 28.6. The number of pyridine rings is 1. The van der Waals surface area contributed by atoms with E-state index in [1.54, 1.807) is 31.4 Å². The van der Waals surface area contributed by atoms with Gasteiger partial charge in [0.05, 0.1) is 21.5 Å². The summed E-state index contributed by atoms with van der Waals surface area (Å²) in [7, 11) is -3.71. The minimum Gasteiger partial charge on any atom is -0.342 e. The van der Waals surface area contributed by atoms with Crippen LogP contribution in [0.1, 0.15) is 43.0 Å². The van der Waals surface area contributed by atoms with Crippen LogP contribution in [0.5, 0.6) is 0 Å². The van der Waals surface area contributed by atoms with Crippen molar-refractivity contribution in [2.24, 2.45) is 0 Å². The minimum atomic E-state index is -3.71. The van der Waals surface area contributed by atoms with Crippen molar-refractivity contribution in [2.75, 3.05) is 13.1 Å². The van der Waals surface area contributed by atoms with Gasteiger partial charge in [-0.2, -0.15) is 4.31 Å². The van der Waals surface area contributed by atoms with Gasteiger partial charge in [-0.1, -0.05) is 31.5 Å². The van der Waals surface area contributed by atoms with E-state index in [2.05, 4.69) is 15.5 Å². The Labute approximate surface area is 174 Å². The van der Waals surface area contributed by atoms with E-state index in [4.69, 9.17) is 11.6 Å². The molecule has 0 bridgehead atoms. The van der Waals surface area contributed by atoms with Crippen molar-refractivity contribution in [3.8, 4) is 0 Å². The van der Waals surface area contributed by atoms with Crippen LogP contribution in [-0.4, -0.2) is 46.3 Å². The topological polar surface area (TPSA) is 96.7 Å². The highest BCUT2D eigenvalue weighted by molar-refractivity contribution is 7.89. The number of carbonyl (C=O) groups excluding carboxylic acids is 1. The molecule has 0 saturated carbocycles. The SMILES string of the molecule is CCN(CC)S(=O)(=O)c1ccc(Cl)c(C(=O)NC(C)c2nnc3ccccn23)c1. The van der Waals surface area contributed by atoms with E-state index in [-0.39, 0.29) is 15.5 Å². The second-order valence-electron chi connectivity index (χ2n) is 6.41. The zero-order valence-corrected chi connectivity index (χ0v) is 17.9. The first-order valence-electron chi connectivity index (χ1n) is 9.19. The van der Waals surface area contributed by atoms with Gasteiger partial charge in [-0.25, -0.2) is 8.42 Å². The molecule has 3 rings (SSSR count). The Bertz CT molecular complexity index is 1140. The molecule has 1 atom stereocenters. The van der Waals surface area contributed by atoms with Gasteiger partial charge in [-0.3, -0.25) is 9.20 Å². The molecule has 1 amide bonds. The monoisotopic (exact) mass is 435 g/mol. The molecule has 2 aromatic heterocycles. The maximum Gasteiger partial charge on any atom is 0.253 e. The number of halogens is 1. The molecule has 8 nitrogen and oxygen atoms in total. The summed E-state index contributed by atoms with van der Waals surface area (Å²) >= 11 is 6.19. The molecule has 1 unspecified atom stereocenters. The highest BCUT2D eigenvalue weighted by Crippen LogP contribution is 2.24. The lowest BCUT2D eigenvalue weighted by Crippen LogP contribution is -2.31. The molecule has 2 heterocycles. The van der Waals surface area contributed by atoms with Crippen LogP contribution in [-0.2, 0) is 10.0 Å². The number of aromatic nitrogens is 3. The number of sulfonamides is 1. The predicted molar refractivity (Wildman–Crippen MR) is 110 cm³/mol. The van der Waals surface area contributed by atoms with E-state index in [9.17, 15) is 13.2 Å². The van der Waals surface area contributed by atoms with Crippen LogP contribution in [0.25, 0.3) is 5.65 Å². The van der Waals surface area contributed by atoms with Crippen molar-refractivity contribution < 1.29 is 13.2 Å². The Morgan fingerprint density at radius 1 is 1.21 bits per heavy atom. The predicted octanol–water partition coefficient (Wildman–Crippen LogP) is 2.90. The van der Waals surface area contributed by atoms with Gasteiger partial charge in [0.15, 0.2) is 11.5 Å². The number of hydrogen-bond donors (Lipinski definition) is 1. The summed E-state index contributed by atoms with van der Waals surface area (Å²) in [5.41, 5.74) is 0.745. The van der Waals surface area contributed by atoms with Crippen molar-refractivity contribution in [2.45, 2.75) is 31.7 Å². The van der Waals surface area contributed by atoms with E-state index >= 15 is 0 Å². The molecule has 1 aromatic carbocycles. The Morgan fingerprint density at radius 3 is 2.62 bits per heavy atom. The third kappa shape index (κ3) is 4.12. The van der Waals surface area contributed by atoms with Crippen LogP contribution >= 0.6 is 11.6 Å². The van der Waals surface area contributed by atoms with Gasteiger partial charge >= 0.3 is 0 Å². The minimum absolute atomic E-state index is 0.0244. The lowest BCUT2D eigenvalue weighted by Gasteiger charge is -2.19. The van der Waals surface area contributed by atoms with Gasteiger partial charge in [-0.15, -0.1) is 10.2 Å². The highest BCUT2D eigenvalue weighted by Gasteiger charge is 2.25. The maximum atomic E-state index is 12.8. The summed E-state index contributed by atoms with van der Waals surface area (Å²) in [5, 5.41) is 11.2. The average Bonchev–Trinajstić information content (AvgIpc) is 3.13. The van der Waals surface area contributed by atoms with E-state index in [1.165, 1.54) is 22.5 Å². The van der Waals surface area contributed by atoms with E-state index in [1.807, 2.05) is 18.2 Å². The fourth-order valence-electron chi connectivity index (χ4n) is 3.05. The maximum absolute atomic E-state index is 12.8. The van der Waals surface area contributed by atoms with Gasteiger partial charge in [-0.05, 0) is 37.3 Å². The summed E-state index contributed by atoms with van der Waals surface area (Å²) in [6, 6.07) is 9.15. The van der Waals surface area contributed by atoms with Crippen LogP contribution in [0.2, 0.25) is 5.02 Å². The normalized spacial score (nSPS) is 13.0. The molecule has 10 heteroatoms. The molecule has 0 saturated heterocycles. The van der Waals surface area contributed by atoms with Crippen molar-refractivity contribution in [1.82, 2.24) is 24.2 Å². The number of hydrogen-bond acceptors (Lipinski definition) is 5. The van der Waals surface area contributed by atoms with Crippen LogP contribution < -0.4 is 5.32 Å². The number of nitrogens with one attached hydrogen (secondary N) is 1. The number of amides is 1. The van der Waals surface area contributed by atoms with Crippen LogP contribution in [0.15, 0.2) is 47.5 Å². The van der Waals surface area contributed by atoms with Crippen LogP contribution in [0, 0.1) is 0 Å². The van der Waals surface area contributed by atoms with E-state index in [0.717, 1.165) is 0 Å². The molecular weight excluding hydrogens is 414 g/mol. The molecule has 0 fully saturated rings. The lowest BCUT2D eigenvalue weighted by molar-refractivity contribution is 0.0938. The largest absolute Gasteiger partial charge is 0.342 e. The third-order valence-corrected chi connectivity index (χ3v) is 6.98. The highest BCUT2D eigenvalue weighted by atomic mass is 35.5. The molecule has 154 valence electrons. The molecule has 0 radical (unpaired) electrons. The number of rotatable bonds is 7. The fourth-order valence-corrected chi connectivity index (χ4v) is 4.73. The summed E-state index contributed by atoms with van der Waals surface area (Å²) in [4.78, 5) is 12.9. The van der Waals surface area contributed by atoms with Gasteiger partial charge < -0.3 is 5.32 Å². The van der Waals surface area contributed by atoms with E-state index < -0.39 is 22.0 Å². The molecular formula is C19H22ClN5O3S. The molecule has 1 N–H and O–H groups in total. The molecule has 0 aliphatic rings. The second-order valence-corrected chi connectivity index (χ2v) is 8.76. The molecule has 0 aliphatic carbocycles. The Morgan fingerprint density at radius 2 is 1.93 bits per heavy atom. The molecule has 3 aromatic rings. The number of carbonyl (C=O) groups is 1. The Balaban J connectivity index is 1.89. The summed E-state index contributed by atoms with van der Waals surface area (Å²) in [6.07, 6.45) is 1.80. The van der Waals surface area contributed by atoms with Crippen molar-refractivity contribution in [3.05, 3.63) is 59.0 Å². The molecule has 0 aliphatic heterocycles. The van der Waals surface area contributed by atoms with Gasteiger partial charge in [0, 0.05) is 19.3 Å². The van der Waals surface area contributed by atoms with Gasteiger partial charge in [0.25, 0.3) is 5.91 Å². The zero-order valence-electron chi connectivity index (χ0n) is 16.3. The van der Waals surface area contributed by atoms with Crippen LogP contribution in [0.4, 0.5) is 0 Å². The molecule has 0 spiro atoms. The quantitative estimate of drug-likeness (QED) is 0.615. The fraction of sp³-hybridized carbons (Fsp3) is 0.316. The number of benzene rings is 1. The third-order valence-electron chi connectivity index (χ3n) is 4.60. The Kier molecular flexibility index (Phi) is 6.21. The Hall–Kier alpha value is -2.49. The standard InChI is InChI=1S/C19H22ClN5O3S/c1-4-24(5-2)29(27,28)14-9-10-16(20)15(12-14)19(26)21-13(3)18-23-22-17-8-6-7-11-25(17)18/h6-13H,4-5H2,1-3H3,(H,21,26). The first kappa shape index (κ1) is 21.2. The van der Waals surface area contributed by atoms with Crippen molar-refractivity contribution in [1.29, 1.82) is 0 Å². The average molecular weight is 436 g/mol. The molecule has 29 heavy (non-hydrogen) atoms. The van der Waals surface area contributed by atoms with Gasteiger partial charge in [0.2, 0.25) is 10.0 Å². The smallest absolute Gasteiger partial charge is 0.253 e. The zero-order chi connectivity index (χ0) is 21.2. The number of nitrogens with zero attached hydrogens (tertiary/aromatic N) is 4. The number of fused-ring (bicyclic) bond motifs is 1. The van der Waals surface area contributed by atoms with Crippen LogP contribution in [0.3, 0.4) is 0 Å². The van der Waals surface area contributed by atoms with Crippen molar-refractivity contribution in [3.63, 3.8) is 0 Å². The first-order chi connectivity index (χ1) is 13.8. The first-order valence-corrected chi connectivity index (χ1v) is 11.0. The lowest BCUT2D eigenvalue weighted by atomic mass is 10.2. The summed E-state index contributed by atoms with van der Waals surface area (Å²) in [6.45, 7) is 5.95.